The van der Waals surface area contributed by atoms with Gasteiger partial charge in [0.15, 0.2) is 5.69 Å². The van der Waals surface area contributed by atoms with Crippen LogP contribution in [0, 0.1) is 11.3 Å². The van der Waals surface area contributed by atoms with E-state index in [1.807, 2.05) is 0 Å². The normalized spacial score (nSPS) is 15.3. The maximum absolute atomic E-state index is 9.34. The van der Waals surface area contributed by atoms with E-state index >= 15 is 0 Å². The number of hydrogen-bond acceptors (Lipinski definition) is 4. The number of aromatic nitrogens is 2. The molecule has 5 nitrogen and oxygen atoms in total. The molecule has 102 valence electrons. The van der Waals surface area contributed by atoms with E-state index in [0.29, 0.717) is 17.3 Å². The minimum absolute atomic E-state index is 0.184. The van der Waals surface area contributed by atoms with Gasteiger partial charge in [-0.05, 0) is 37.1 Å². The summed E-state index contributed by atoms with van der Waals surface area (Å²) in [7, 11) is 0. The molecule has 0 aliphatic heterocycles. The van der Waals surface area contributed by atoms with Crippen molar-refractivity contribution in [2.45, 2.75) is 31.6 Å². The first-order valence-electron chi connectivity index (χ1n) is 6.78. The average Bonchev–Trinajstić information content (AvgIpc) is 3.07. The number of benzene rings is 1. The van der Waals surface area contributed by atoms with Gasteiger partial charge in [0.1, 0.15) is 11.8 Å². The third-order valence-electron chi connectivity index (χ3n) is 3.89. The van der Waals surface area contributed by atoms with Gasteiger partial charge < -0.3 is 10.8 Å². The monoisotopic (exact) mass is 268 g/mol. The summed E-state index contributed by atoms with van der Waals surface area (Å²) >= 11 is 0. The van der Waals surface area contributed by atoms with E-state index in [4.69, 9.17) is 5.73 Å². The molecule has 5 heteroatoms. The summed E-state index contributed by atoms with van der Waals surface area (Å²) in [5.74, 6) is 0.545. The zero-order valence-corrected chi connectivity index (χ0v) is 11.1. The van der Waals surface area contributed by atoms with Gasteiger partial charge >= 0.3 is 0 Å². The Morgan fingerprint density at radius 3 is 2.50 bits per heavy atom. The first-order chi connectivity index (χ1) is 9.70. The Morgan fingerprint density at radius 2 is 1.90 bits per heavy atom. The zero-order valence-electron chi connectivity index (χ0n) is 11.1. The van der Waals surface area contributed by atoms with Gasteiger partial charge in [-0.2, -0.15) is 10.4 Å². The second-order valence-corrected chi connectivity index (χ2v) is 5.17. The molecule has 3 N–H and O–H groups in total. The van der Waals surface area contributed by atoms with Crippen molar-refractivity contribution in [2.24, 2.45) is 0 Å². The van der Waals surface area contributed by atoms with Crippen molar-refractivity contribution in [1.82, 2.24) is 9.78 Å². The van der Waals surface area contributed by atoms with Gasteiger partial charge in [-0.15, -0.1) is 0 Å². The van der Waals surface area contributed by atoms with Crippen molar-refractivity contribution in [2.75, 3.05) is 5.73 Å². The molecule has 3 rings (SSSR count). The molecule has 0 bridgehead atoms. The van der Waals surface area contributed by atoms with Crippen LogP contribution in [0.5, 0.6) is 5.75 Å². The Morgan fingerprint density at radius 1 is 1.25 bits per heavy atom. The van der Waals surface area contributed by atoms with Gasteiger partial charge in [0.25, 0.3) is 0 Å². The molecule has 2 aromatic rings. The lowest BCUT2D eigenvalue weighted by Crippen LogP contribution is -2.00. The van der Waals surface area contributed by atoms with Gasteiger partial charge in [-0.3, -0.25) is 0 Å². The van der Waals surface area contributed by atoms with E-state index in [9.17, 15) is 10.4 Å². The van der Waals surface area contributed by atoms with E-state index in [-0.39, 0.29) is 5.75 Å². The molecule has 0 saturated heterocycles. The summed E-state index contributed by atoms with van der Waals surface area (Å²) in [6.07, 6.45) is 4.56. The van der Waals surface area contributed by atoms with E-state index < -0.39 is 0 Å². The first-order valence-corrected chi connectivity index (χ1v) is 6.78. The SMILES string of the molecule is N#Cc1c(N)c(C2CCCC2)nn1-c1ccc(O)cc1. The molecule has 0 unspecified atom stereocenters. The molecule has 1 heterocycles. The first kappa shape index (κ1) is 12.5. The Kier molecular flexibility index (Phi) is 3.07. The molecule has 1 aromatic carbocycles. The highest BCUT2D eigenvalue weighted by molar-refractivity contribution is 5.58. The van der Waals surface area contributed by atoms with Crippen LogP contribution in [0.15, 0.2) is 24.3 Å². The summed E-state index contributed by atoms with van der Waals surface area (Å²) in [5.41, 5.74) is 8.54. The van der Waals surface area contributed by atoms with Crippen LogP contribution < -0.4 is 5.73 Å². The quantitative estimate of drug-likeness (QED) is 0.876. The fourth-order valence-electron chi connectivity index (χ4n) is 2.84. The molecule has 1 aliphatic carbocycles. The van der Waals surface area contributed by atoms with E-state index in [2.05, 4.69) is 11.2 Å². The predicted octanol–water partition coefficient (Wildman–Crippen LogP) is 2.69. The maximum Gasteiger partial charge on any atom is 0.167 e. The van der Waals surface area contributed by atoms with Gasteiger partial charge in [0, 0.05) is 5.92 Å². The molecular formula is C15H16N4O. The number of nitrogens with zero attached hydrogens (tertiary/aromatic N) is 3. The number of rotatable bonds is 2. The largest absolute Gasteiger partial charge is 0.508 e. The lowest BCUT2D eigenvalue weighted by Gasteiger charge is -2.05. The standard InChI is InChI=1S/C15H16N4O/c16-9-13-14(17)15(10-3-1-2-4-10)18-19(13)11-5-7-12(20)8-6-11/h5-8,10,20H,1-4,17H2. The molecule has 1 saturated carbocycles. The number of anilines is 1. The highest BCUT2D eigenvalue weighted by Crippen LogP contribution is 2.37. The molecule has 1 aromatic heterocycles. The van der Waals surface area contributed by atoms with Crippen LogP contribution >= 0.6 is 0 Å². The van der Waals surface area contributed by atoms with Crippen molar-refractivity contribution >= 4 is 5.69 Å². The third kappa shape index (κ3) is 1.99. The number of aromatic hydroxyl groups is 1. The molecule has 0 amide bonds. The maximum atomic E-state index is 9.34. The smallest absolute Gasteiger partial charge is 0.167 e. The van der Waals surface area contributed by atoms with Gasteiger partial charge in [0.05, 0.1) is 17.1 Å². The number of nitrogen functional groups attached to an aromatic ring is 1. The number of phenols is 1. The zero-order chi connectivity index (χ0) is 14.1. The molecular weight excluding hydrogens is 252 g/mol. The fraction of sp³-hybridized carbons (Fsp3) is 0.333. The second-order valence-electron chi connectivity index (χ2n) is 5.17. The van der Waals surface area contributed by atoms with E-state index in [1.165, 1.54) is 12.8 Å². The third-order valence-corrected chi connectivity index (χ3v) is 3.89. The van der Waals surface area contributed by atoms with Crippen LogP contribution in [0.2, 0.25) is 0 Å². The molecule has 0 spiro atoms. The molecule has 1 fully saturated rings. The summed E-state index contributed by atoms with van der Waals surface area (Å²) in [6.45, 7) is 0. The summed E-state index contributed by atoms with van der Waals surface area (Å²) in [4.78, 5) is 0. The summed E-state index contributed by atoms with van der Waals surface area (Å²) in [5, 5.41) is 23.2. The summed E-state index contributed by atoms with van der Waals surface area (Å²) in [6, 6.07) is 8.73. The Hall–Kier alpha value is -2.48. The van der Waals surface area contributed by atoms with Crippen LogP contribution in [0.25, 0.3) is 5.69 Å². The molecule has 1 aliphatic rings. The number of nitrogens with two attached hydrogens (primary N) is 1. The number of hydrogen-bond donors (Lipinski definition) is 2. The lowest BCUT2D eigenvalue weighted by atomic mass is 10.0. The number of phenolic OH excluding ortho intramolecular Hbond substituents is 1. The predicted molar refractivity (Wildman–Crippen MR) is 75.6 cm³/mol. The topological polar surface area (TPSA) is 87.9 Å². The number of nitriles is 1. The van der Waals surface area contributed by atoms with Crippen molar-refractivity contribution < 1.29 is 5.11 Å². The van der Waals surface area contributed by atoms with Gasteiger partial charge in [-0.1, -0.05) is 12.8 Å². The van der Waals surface area contributed by atoms with Gasteiger partial charge in [0.2, 0.25) is 0 Å². The molecule has 0 atom stereocenters. The van der Waals surface area contributed by atoms with Crippen molar-refractivity contribution in [1.29, 1.82) is 5.26 Å². The fourth-order valence-corrected chi connectivity index (χ4v) is 2.84. The highest BCUT2D eigenvalue weighted by atomic mass is 16.3. The van der Waals surface area contributed by atoms with Crippen molar-refractivity contribution in [3.63, 3.8) is 0 Å². The second kappa shape index (κ2) is 4.89. The van der Waals surface area contributed by atoms with E-state index in [1.54, 1.807) is 28.9 Å². The Labute approximate surface area is 117 Å². The molecule has 0 radical (unpaired) electrons. The Balaban J connectivity index is 2.09. The lowest BCUT2D eigenvalue weighted by molar-refractivity contribution is 0.475. The summed E-state index contributed by atoms with van der Waals surface area (Å²) < 4.78 is 1.57. The highest BCUT2D eigenvalue weighted by Gasteiger charge is 2.25. The van der Waals surface area contributed by atoms with Crippen LogP contribution in [-0.2, 0) is 0 Å². The minimum atomic E-state index is 0.184. The van der Waals surface area contributed by atoms with Crippen molar-refractivity contribution in [3.8, 4) is 17.5 Å². The van der Waals surface area contributed by atoms with Gasteiger partial charge in [-0.25, -0.2) is 4.68 Å². The average molecular weight is 268 g/mol. The Bertz CT molecular complexity index is 660. The van der Waals surface area contributed by atoms with Crippen molar-refractivity contribution in [3.05, 3.63) is 35.7 Å². The van der Waals surface area contributed by atoms with Crippen LogP contribution in [0.3, 0.4) is 0 Å². The molecule has 20 heavy (non-hydrogen) atoms. The van der Waals surface area contributed by atoms with Crippen LogP contribution in [-0.4, -0.2) is 14.9 Å². The minimum Gasteiger partial charge on any atom is -0.508 e. The van der Waals surface area contributed by atoms with Crippen LogP contribution in [0.1, 0.15) is 43.0 Å². The van der Waals surface area contributed by atoms with Crippen LogP contribution in [0.4, 0.5) is 5.69 Å². The van der Waals surface area contributed by atoms with E-state index in [0.717, 1.165) is 24.2 Å².